The fourth-order valence-electron chi connectivity index (χ4n) is 3.48. The van der Waals surface area contributed by atoms with Crippen molar-refractivity contribution < 1.29 is 28.8 Å². The summed E-state index contributed by atoms with van der Waals surface area (Å²) in [4.78, 5) is 0. The molecule has 2 fully saturated rings. The normalized spacial score (nSPS) is 33.4. The average Bonchev–Trinajstić information content (AvgIpc) is 2.74. The molecule has 0 aliphatic carbocycles. The van der Waals surface area contributed by atoms with Crippen LogP contribution in [-0.4, -0.2) is 49.5 Å². The first kappa shape index (κ1) is 18.6. The molecule has 6 nitrogen and oxygen atoms in total. The highest BCUT2D eigenvalue weighted by atomic mass is 16.8. The van der Waals surface area contributed by atoms with Crippen LogP contribution >= 0.6 is 0 Å². The van der Waals surface area contributed by atoms with Crippen LogP contribution in [0.3, 0.4) is 0 Å². The van der Waals surface area contributed by atoms with Crippen LogP contribution < -0.4 is 0 Å². The van der Waals surface area contributed by atoms with Crippen LogP contribution in [-0.2, 0) is 30.3 Å². The number of rotatable bonds is 5. The standard InChI is InChI=1S/C21H24O6/c1-23-21-19(24-12-14-8-4-2-5-9-14)17(22)18-16(26-21)13-25-20(27-18)15-10-6-3-7-11-15/h2-11,16-22H,12-13H2,1H3/t16-,17+,18-,19-,20-,21-/m1/s1. The van der Waals surface area contributed by atoms with Crippen LogP contribution in [0.5, 0.6) is 0 Å². The zero-order valence-electron chi connectivity index (χ0n) is 15.1. The van der Waals surface area contributed by atoms with Crippen LogP contribution in [0.1, 0.15) is 17.4 Å². The summed E-state index contributed by atoms with van der Waals surface area (Å²) in [5.41, 5.74) is 1.91. The lowest BCUT2D eigenvalue weighted by Gasteiger charge is -2.47. The molecule has 2 aliphatic rings. The molecule has 2 aromatic carbocycles. The molecule has 0 unspecified atom stereocenters. The molecule has 27 heavy (non-hydrogen) atoms. The van der Waals surface area contributed by atoms with Crippen molar-refractivity contribution in [2.45, 2.75) is 43.6 Å². The lowest BCUT2D eigenvalue weighted by Crippen LogP contribution is -2.62. The summed E-state index contributed by atoms with van der Waals surface area (Å²) in [6.07, 6.45) is -3.76. The third-order valence-electron chi connectivity index (χ3n) is 4.90. The van der Waals surface area contributed by atoms with E-state index in [0.29, 0.717) is 13.2 Å². The van der Waals surface area contributed by atoms with Gasteiger partial charge in [0.2, 0.25) is 0 Å². The molecule has 0 spiro atoms. The molecule has 144 valence electrons. The van der Waals surface area contributed by atoms with Crippen molar-refractivity contribution in [3.63, 3.8) is 0 Å². The first-order valence-electron chi connectivity index (χ1n) is 9.10. The van der Waals surface area contributed by atoms with E-state index in [0.717, 1.165) is 11.1 Å². The molecule has 4 rings (SSSR count). The van der Waals surface area contributed by atoms with Crippen LogP contribution in [0.2, 0.25) is 0 Å². The Kier molecular flexibility index (Phi) is 5.83. The van der Waals surface area contributed by atoms with Crippen molar-refractivity contribution in [2.24, 2.45) is 0 Å². The predicted molar refractivity (Wildman–Crippen MR) is 96.7 cm³/mol. The Bertz CT molecular complexity index is 703. The van der Waals surface area contributed by atoms with Crippen molar-refractivity contribution in [1.29, 1.82) is 0 Å². The second kappa shape index (κ2) is 8.48. The van der Waals surface area contributed by atoms with Crippen molar-refractivity contribution in [3.05, 3.63) is 71.8 Å². The van der Waals surface area contributed by atoms with E-state index in [1.807, 2.05) is 60.7 Å². The molecular weight excluding hydrogens is 348 g/mol. The van der Waals surface area contributed by atoms with Crippen molar-refractivity contribution in [3.8, 4) is 0 Å². The van der Waals surface area contributed by atoms with Crippen molar-refractivity contribution in [1.82, 2.24) is 0 Å². The average molecular weight is 372 g/mol. The SMILES string of the molecule is CO[C@@H]1O[C@@H]2CO[C@@H](c3ccccc3)O[C@H]2[C@H](O)[C@H]1OCc1ccccc1. The van der Waals surface area contributed by atoms with Gasteiger partial charge in [0.15, 0.2) is 12.6 Å². The van der Waals surface area contributed by atoms with Crippen LogP contribution in [0.25, 0.3) is 0 Å². The minimum Gasteiger partial charge on any atom is -0.387 e. The highest BCUT2D eigenvalue weighted by Crippen LogP contribution is 2.35. The summed E-state index contributed by atoms with van der Waals surface area (Å²) in [5.74, 6) is 0. The highest BCUT2D eigenvalue weighted by Gasteiger charge is 2.50. The monoisotopic (exact) mass is 372 g/mol. The third-order valence-corrected chi connectivity index (χ3v) is 4.90. The second-order valence-electron chi connectivity index (χ2n) is 6.71. The summed E-state index contributed by atoms with van der Waals surface area (Å²) in [7, 11) is 1.54. The van der Waals surface area contributed by atoms with Gasteiger partial charge in [-0.2, -0.15) is 0 Å². The van der Waals surface area contributed by atoms with Gasteiger partial charge in [-0.15, -0.1) is 0 Å². The van der Waals surface area contributed by atoms with E-state index in [1.165, 1.54) is 7.11 Å². The number of hydrogen-bond donors (Lipinski definition) is 1. The number of hydrogen-bond acceptors (Lipinski definition) is 6. The van der Waals surface area contributed by atoms with Gasteiger partial charge >= 0.3 is 0 Å². The number of methoxy groups -OCH3 is 1. The summed E-state index contributed by atoms with van der Waals surface area (Å²) in [5, 5.41) is 10.9. The molecule has 2 aromatic rings. The molecule has 0 aromatic heterocycles. The molecular formula is C21H24O6. The quantitative estimate of drug-likeness (QED) is 0.870. The van der Waals surface area contributed by atoms with Gasteiger partial charge in [-0.1, -0.05) is 60.7 Å². The van der Waals surface area contributed by atoms with E-state index < -0.39 is 37.0 Å². The fourth-order valence-corrected chi connectivity index (χ4v) is 3.48. The minimum atomic E-state index is -0.896. The first-order chi connectivity index (χ1) is 13.3. The second-order valence-corrected chi connectivity index (χ2v) is 6.71. The number of benzene rings is 2. The van der Waals surface area contributed by atoms with Crippen molar-refractivity contribution in [2.75, 3.05) is 13.7 Å². The first-order valence-corrected chi connectivity index (χ1v) is 9.10. The molecule has 6 atom stereocenters. The fraction of sp³-hybridized carbons (Fsp3) is 0.429. The van der Waals surface area contributed by atoms with E-state index in [2.05, 4.69) is 0 Å². The Morgan fingerprint density at radius 2 is 1.70 bits per heavy atom. The molecule has 1 N–H and O–H groups in total. The lowest BCUT2D eigenvalue weighted by atomic mass is 9.97. The van der Waals surface area contributed by atoms with Gasteiger partial charge in [-0.05, 0) is 5.56 Å². The van der Waals surface area contributed by atoms with Gasteiger partial charge in [-0.3, -0.25) is 0 Å². The summed E-state index contributed by atoms with van der Waals surface area (Å²) in [6, 6.07) is 19.4. The molecule has 6 heteroatoms. The van der Waals surface area contributed by atoms with E-state index in [1.54, 1.807) is 0 Å². The molecule has 0 amide bonds. The third kappa shape index (κ3) is 4.06. The Balaban J connectivity index is 1.46. The number of aliphatic hydroxyl groups excluding tert-OH is 1. The highest BCUT2D eigenvalue weighted by molar-refractivity contribution is 5.17. The van der Waals surface area contributed by atoms with Gasteiger partial charge in [0.25, 0.3) is 0 Å². The maximum atomic E-state index is 10.9. The predicted octanol–water partition coefficient (Wildman–Crippen LogP) is 2.42. The van der Waals surface area contributed by atoms with Crippen LogP contribution in [0.15, 0.2) is 60.7 Å². The molecule has 2 heterocycles. The maximum absolute atomic E-state index is 10.9. The van der Waals surface area contributed by atoms with Crippen LogP contribution in [0, 0.1) is 0 Å². The van der Waals surface area contributed by atoms with E-state index >= 15 is 0 Å². The smallest absolute Gasteiger partial charge is 0.186 e. The van der Waals surface area contributed by atoms with Gasteiger partial charge in [-0.25, -0.2) is 0 Å². The maximum Gasteiger partial charge on any atom is 0.186 e. The van der Waals surface area contributed by atoms with Gasteiger partial charge < -0.3 is 28.8 Å². The molecule has 2 saturated heterocycles. The molecule has 0 saturated carbocycles. The Labute approximate surface area is 158 Å². The zero-order valence-corrected chi connectivity index (χ0v) is 15.1. The topological polar surface area (TPSA) is 66.4 Å². The number of aliphatic hydroxyl groups is 1. The number of fused-ring (bicyclic) bond motifs is 1. The lowest BCUT2D eigenvalue weighted by molar-refractivity contribution is -0.363. The van der Waals surface area contributed by atoms with Gasteiger partial charge in [0.05, 0.1) is 13.2 Å². The van der Waals surface area contributed by atoms with Crippen molar-refractivity contribution >= 4 is 0 Å². The molecule has 2 aliphatic heterocycles. The van der Waals surface area contributed by atoms with Crippen LogP contribution in [0.4, 0.5) is 0 Å². The van der Waals surface area contributed by atoms with E-state index in [-0.39, 0.29) is 0 Å². The Morgan fingerprint density at radius 1 is 1.00 bits per heavy atom. The Hall–Kier alpha value is -1.80. The zero-order chi connectivity index (χ0) is 18.6. The Morgan fingerprint density at radius 3 is 2.41 bits per heavy atom. The molecule has 0 radical (unpaired) electrons. The largest absolute Gasteiger partial charge is 0.387 e. The molecule has 0 bridgehead atoms. The van der Waals surface area contributed by atoms with E-state index in [4.69, 9.17) is 23.7 Å². The van der Waals surface area contributed by atoms with E-state index in [9.17, 15) is 5.11 Å². The van der Waals surface area contributed by atoms with Gasteiger partial charge in [0, 0.05) is 12.7 Å². The van der Waals surface area contributed by atoms with Gasteiger partial charge in [0.1, 0.15) is 24.4 Å². The summed E-state index contributed by atoms with van der Waals surface area (Å²) in [6.45, 7) is 0.661. The number of ether oxygens (including phenoxy) is 5. The summed E-state index contributed by atoms with van der Waals surface area (Å²) >= 11 is 0. The minimum absolute atomic E-state index is 0.312. The summed E-state index contributed by atoms with van der Waals surface area (Å²) < 4.78 is 29.1.